The van der Waals surface area contributed by atoms with Crippen LogP contribution in [0.4, 0.5) is 5.95 Å². The molecule has 1 saturated heterocycles. The Balaban J connectivity index is 1.52. The second kappa shape index (κ2) is 7.09. The molecule has 5 heterocycles. The summed E-state index contributed by atoms with van der Waals surface area (Å²) in [7, 11) is 1.94. The van der Waals surface area contributed by atoms with Crippen LogP contribution in [0.1, 0.15) is 6.42 Å². The third-order valence-corrected chi connectivity index (χ3v) is 6.12. The van der Waals surface area contributed by atoms with Gasteiger partial charge in [0.2, 0.25) is 5.95 Å². The SMILES string of the molecule is C=C1C=CC(Nc2nc(-c3cnn(C4(CC#N)COC4)c3)c3ccsc3n2)=CN1C. The highest BCUT2D eigenvalue weighted by molar-refractivity contribution is 7.16. The molecule has 0 amide bonds. The highest BCUT2D eigenvalue weighted by atomic mass is 32.1. The number of ether oxygens (including phenoxy) is 1. The largest absolute Gasteiger partial charge is 0.376 e. The summed E-state index contributed by atoms with van der Waals surface area (Å²) >= 11 is 1.57. The van der Waals surface area contributed by atoms with Crippen molar-refractivity contribution in [3.63, 3.8) is 0 Å². The van der Waals surface area contributed by atoms with Gasteiger partial charge in [0.15, 0.2) is 0 Å². The quantitative estimate of drug-likeness (QED) is 0.680. The summed E-state index contributed by atoms with van der Waals surface area (Å²) in [4.78, 5) is 12.3. The molecule has 8 nitrogen and oxygen atoms in total. The molecule has 2 aliphatic heterocycles. The van der Waals surface area contributed by atoms with Crippen LogP contribution in [0.5, 0.6) is 0 Å². The van der Waals surface area contributed by atoms with Gasteiger partial charge in [0.25, 0.3) is 0 Å². The number of rotatable bonds is 5. The lowest BCUT2D eigenvalue weighted by Crippen LogP contribution is -2.51. The van der Waals surface area contributed by atoms with Crippen LogP contribution in [0.15, 0.2) is 60.2 Å². The number of aromatic nitrogens is 4. The van der Waals surface area contributed by atoms with Gasteiger partial charge in [-0.3, -0.25) is 4.68 Å². The van der Waals surface area contributed by atoms with Crippen molar-refractivity contribution in [2.24, 2.45) is 0 Å². The van der Waals surface area contributed by atoms with Crippen LogP contribution < -0.4 is 5.32 Å². The number of likely N-dealkylation sites (N-methyl/N-ethyl adjacent to an activating group) is 1. The van der Waals surface area contributed by atoms with Gasteiger partial charge < -0.3 is 15.0 Å². The Kier molecular flexibility index (Phi) is 4.38. The summed E-state index contributed by atoms with van der Waals surface area (Å²) in [5.41, 5.74) is 3.09. The minimum atomic E-state index is -0.389. The van der Waals surface area contributed by atoms with Crippen molar-refractivity contribution in [3.8, 4) is 17.3 Å². The van der Waals surface area contributed by atoms with E-state index in [1.165, 1.54) is 0 Å². The Labute approximate surface area is 177 Å². The number of nitrogens with one attached hydrogen (secondary N) is 1. The third kappa shape index (κ3) is 3.07. The first-order chi connectivity index (χ1) is 14.6. The fourth-order valence-electron chi connectivity index (χ4n) is 3.48. The molecule has 3 aromatic rings. The average Bonchev–Trinajstić information content (AvgIpc) is 3.37. The van der Waals surface area contributed by atoms with E-state index in [0.29, 0.717) is 25.6 Å². The van der Waals surface area contributed by atoms with Crippen molar-refractivity contribution < 1.29 is 4.74 Å². The summed E-state index contributed by atoms with van der Waals surface area (Å²) in [6.45, 7) is 4.95. The van der Waals surface area contributed by atoms with Crippen LogP contribution in [-0.4, -0.2) is 44.9 Å². The highest BCUT2D eigenvalue weighted by Crippen LogP contribution is 2.34. The van der Waals surface area contributed by atoms with Gasteiger partial charge in [-0.1, -0.05) is 6.58 Å². The molecule has 9 heteroatoms. The second-order valence-corrected chi connectivity index (χ2v) is 8.30. The molecule has 0 spiro atoms. The van der Waals surface area contributed by atoms with Crippen LogP contribution in [0, 0.1) is 11.3 Å². The normalized spacial score (nSPS) is 17.5. The molecule has 1 N–H and O–H groups in total. The van der Waals surface area contributed by atoms with Gasteiger partial charge in [-0.25, -0.2) is 9.97 Å². The summed E-state index contributed by atoms with van der Waals surface area (Å²) in [6.07, 6.45) is 9.93. The van der Waals surface area contributed by atoms with E-state index in [4.69, 9.17) is 9.72 Å². The van der Waals surface area contributed by atoms with Crippen LogP contribution in [0.2, 0.25) is 0 Å². The fourth-order valence-corrected chi connectivity index (χ4v) is 4.24. The summed E-state index contributed by atoms with van der Waals surface area (Å²) < 4.78 is 7.21. The van der Waals surface area contributed by atoms with Gasteiger partial charge in [-0.15, -0.1) is 11.3 Å². The Hall–Kier alpha value is -3.48. The van der Waals surface area contributed by atoms with E-state index >= 15 is 0 Å². The van der Waals surface area contributed by atoms with Gasteiger partial charge in [-0.05, 0) is 23.6 Å². The molecule has 0 saturated carbocycles. The predicted octanol–water partition coefficient (Wildman–Crippen LogP) is 3.46. The molecule has 150 valence electrons. The number of hydrogen-bond donors (Lipinski definition) is 1. The Morgan fingerprint density at radius 3 is 2.97 bits per heavy atom. The second-order valence-electron chi connectivity index (χ2n) is 7.41. The van der Waals surface area contributed by atoms with E-state index in [1.807, 2.05) is 52.6 Å². The maximum absolute atomic E-state index is 9.20. The van der Waals surface area contributed by atoms with E-state index < -0.39 is 0 Å². The predicted molar refractivity (Wildman–Crippen MR) is 115 cm³/mol. The molecule has 0 unspecified atom stereocenters. The number of thiophene rings is 1. The van der Waals surface area contributed by atoms with Gasteiger partial charge in [0, 0.05) is 36.1 Å². The number of anilines is 1. The van der Waals surface area contributed by atoms with Crippen LogP contribution in [-0.2, 0) is 10.3 Å². The Bertz CT molecular complexity index is 1240. The van der Waals surface area contributed by atoms with Crippen LogP contribution >= 0.6 is 11.3 Å². The summed E-state index contributed by atoms with van der Waals surface area (Å²) in [6, 6.07) is 4.27. The van der Waals surface area contributed by atoms with Crippen LogP contribution in [0.25, 0.3) is 21.5 Å². The molecule has 30 heavy (non-hydrogen) atoms. The number of nitrogens with zero attached hydrogens (tertiary/aromatic N) is 6. The maximum atomic E-state index is 9.20. The lowest BCUT2D eigenvalue weighted by atomic mass is 9.94. The van der Waals surface area contributed by atoms with Crippen molar-refractivity contribution in [1.29, 1.82) is 5.26 Å². The standard InChI is InChI=1S/C21H19N7OS/c1-14-3-4-16(11-27(14)2)24-20-25-18(17-5-8-30-19(17)26-20)15-9-23-28(10-15)21(6-7-22)12-29-13-21/h3-5,8-11H,1,6,12-13H2,2H3,(H,24,25,26). The van der Waals surface area contributed by atoms with Gasteiger partial charge >= 0.3 is 0 Å². The minimum Gasteiger partial charge on any atom is -0.376 e. The molecule has 0 aromatic carbocycles. The molecule has 0 aliphatic carbocycles. The van der Waals surface area contributed by atoms with Crippen molar-refractivity contribution in [2.75, 3.05) is 25.6 Å². The van der Waals surface area contributed by atoms with Gasteiger partial charge in [0.05, 0.1) is 43.3 Å². The monoisotopic (exact) mass is 417 g/mol. The lowest BCUT2D eigenvalue weighted by molar-refractivity contribution is -0.104. The van der Waals surface area contributed by atoms with E-state index in [0.717, 1.165) is 32.9 Å². The summed E-state index contributed by atoms with van der Waals surface area (Å²) in [5, 5.41) is 20.0. The first-order valence-corrected chi connectivity index (χ1v) is 10.3. The van der Waals surface area contributed by atoms with Gasteiger partial charge in [-0.2, -0.15) is 10.4 Å². The Morgan fingerprint density at radius 2 is 2.23 bits per heavy atom. The first kappa shape index (κ1) is 18.5. The summed E-state index contributed by atoms with van der Waals surface area (Å²) in [5.74, 6) is 0.517. The third-order valence-electron chi connectivity index (χ3n) is 5.31. The average molecular weight is 417 g/mol. The maximum Gasteiger partial charge on any atom is 0.229 e. The fraction of sp³-hybridized carbons (Fsp3) is 0.238. The number of hydrogen-bond acceptors (Lipinski definition) is 8. The zero-order valence-electron chi connectivity index (χ0n) is 16.4. The lowest BCUT2D eigenvalue weighted by Gasteiger charge is -2.39. The number of fused-ring (bicyclic) bond motifs is 1. The molecule has 0 bridgehead atoms. The van der Waals surface area contributed by atoms with E-state index in [-0.39, 0.29) is 5.54 Å². The van der Waals surface area contributed by atoms with Crippen molar-refractivity contribution in [2.45, 2.75) is 12.0 Å². The molecule has 3 aromatic heterocycles. The van der Waals surface area contributed by atoms with Crippen molar-refractivity contribution >= 4 is 27.5 Å². The van der Waals surface area contributed by atoms with Gasteiger partial charge in [0.1, 0.15) is 10.4 Å². The van der Waals surface area contributed by atoms with E-state index in [9.17, 15) is 5.26 Å². The number of nitriles is 1. The topological polar surface area (TPSA) is 91.9 Å². The van der Waals surface area contributed by atoms with Crippen LogP contribution in [0.3, 0.4) is 0 Å². The highest BCUT2D eigenvalue weighted by Gasteiger charge is 2.41. The van der Waals surface area contributed by atoms with E-state index in [2.05, 4.69) is 28.0 Å². The Morgan fingerprint density at radius 1 is 1.37 bits per heavy atom. The zero-order valence-corrected chi connectivity index (χ0v) is 17.2. The molecule has 0 radical (unpaired) electrons. The molecule has 1 fully saturated rings. The van der Waals surface area contributed by atoms with E-state index in [1.54, 1.807) is 17.5 Å². The molecule has 5 rings (SSSR count). The number of allylic oxidation sites excluding steroid dienone is 2. The minimum absolute atomic E-state index is 0.359. The molecule has 2 aliphatic rings. The first-order valence-electron chi connectivity index (χ1n) is 9.42. The van der Waals surface area contributed by atoms with Crippen molar-refractivity contribution in [3.05, 3.63) is 60.2 Å². The zero-order chi connectivity index (χ0) is 20.7. The smallest absolute Gasteiger partial charge is 0.229 e. The van der Waals surface area contributed by atoms with Crippen molar-refractivity contribution in [1.82, 2.24) is 24.6 Å². The molecular formula is C21H19N7OS. The molecule has 0 atom stereocenters. The molecular weight excluding hydrogens is 398 g/mol.